The lowest BCUT2D eigenvalue weighted by molar-refractivity contribution is -0.122. The first kappa shape index (κ1) is 15.9. The van der Waals surface area contributed by atoms with Crippen LogP contribution >= 0.6 is 24.0 Å². The molecule has 2 aromatic rings. The van der Waals surface area contributed by atoms with Crippen LogP contribution in [0.5, 0.6) is 0 Å². The summed E-state index contributed by atoms with van der Waals surface area (Å²) in [4.78, 5) is 14.9. The Bertz CT molecular complexity index is 784. The number of allylic oxidation sites excluding steroid dienone is 1. The van der Waals surface area contributed by atoms with Gasteiger partial charge in [-0.3, -0.25) is 9.69 Å². The fourth-order valence-corrected chi connectivity index (χ4v) is 3.66. The lowest BCUT2D eigenvalue weighted by atomic mass is 10.1. The van der Waals surface area contributed by atoms with Crippen LogP contribution in [0.15, 0.2) is 59.5 Å². The van der Waals surface area contributed by atoms with Crippen molar-refractivity contribution in [1.29, 1.82) is 0 Å². The molecule has 0 unspecified atom stereocenters. The van der Waals surface area contributed by atoms with E-state index in [2.05, 4.69) is 0 Å². The van der Waals surface area contributed by atoms with E-state index in [9.17, 15) is 9.18 Å². The minimum absolute atomic E-state index is 0.0920. The topological polar surface area (TPSA) is 20.3 Å². The molecule has 5 heteroatoms. The zero-order valence-corrected chi connectivity index (χ0v) is 14.1. The van der Waals surface area contributed by atoms with Crippen molar-refractivity contribution in [1.82, 2.24) is 4.90 Å². The number of halogens is 1. The maximum absolute atomic E-state index is 13.1. The second-order valence-corrected chi connectivity index (χ2v) is 6.85. The highest BCUT2D eigenvalue weighted by atomic mass is 32.2. The molecule has 0 atom stereocenters. The fourth-order valence-electron chi connectivity index (χ4n) is 2.36. The third kappa shape index (κ3) is 3.35. The third-order valence-corrected chi connectivity index (χ3v) is 5.20. The lowest BCUT2D eigenvalue weighted by Crippen LogP contribution is -2.27. The van der Waals surface area contributed by atoms with E-state index in [0.29, 0.717) is 15.8 Å². The Morgan fingerprint density at radius 3 is 2.43 bits per heavy atom. The van der Waals surface area contributed by atoms with Crippen LogP contribution in [0.3, 0.4) is 0 Å². The second-order valence-electron chi connectivity index (χ2n) is 5.21. The summed E-state index contributed by atoms with van der Waals surface area (Å²) < 4.78 is 13.6. The van der Waals surface area contributed by atoms with Crippen LogP contribution in [0, 0.1) is 5.82 Å². The first-order valence-corrected chi connectivity index (χ1v) is 8.33. The molecule has 23 heavy (non-hydrogen) atoms. The zero-order chi connectivity index (χ0) is 16.4. The number of nitrogens with zero attached hydrogens (tertiary/aromatic N) is 1. The predicted octanol–water partition coefficient (Wildman–Crippen LogP) is 4.62. The van der Waals surface area contributed by atoms with Crippen molar-refractivity contribution >= 4 is 39.8 Å². The molecule has 0 aromatic heterocycles. The molecule has 1 aliphatic rings. The maximum atomic E-state index is 13.1. The number of hydrogen-bond donors (Lipinski definition) is 0. The maximum Gasteiger partial charge on any atom is 0.266 e. The molecule has 0 saturated carbocycles. The van der Waals surface area contributed by atoms with Gasteiger partial charge in [-0.2, -0.15) is 0 Å². The van der Waals surface area contributed by atoms with E-state index in [1.807, 2.05) is 37.3 Å². The summed E-state index contributed by atoms with van der Waals surface area (Å²) in [7, 11) is 0. The molecule has 1 fully saturated rings. The summed E-state index contributed by atoms with van der Waals surface area (Å²) in [5, 5.41) is 0. The molecule has 0 N–H and O–H groups in total. The van der Waals surface area contributed by atoms with Gasteiger partial charge in [0, 0.05) is 0 Å². The molecule has 2 aromatic carbocycles. The molecule has 1 heterocycles. The standard InChI is InChI=1S/C18H14FNOS2/c1-12(14-7-9-15(19)10-8-14)16-17(21)20(18(22)23-16)11-13-5-3-2-4-6-13/h2-10H,11H2,1H3/b16-12+. The van der Waals surface area contributed by atoms with Gasteiger partial charge in [0.2, 0.25) is 0 Å². The van der Waals surface area contributed by atoms with Crippen molar-refractivity contribution in [3.8, 4) is 0 Å². The molecule has 3 rings (SSSR count). The van der Waals surface area contributed by atoms with E-state index >= 15 is 0 Å². The summed E-state index contributed by atoms with van der Waals surface area (Å²) in [5.74, 6) is -0.385. The third-order valence-electron chi connectivity index (χ3n) is 3.65. The monoisotopic (exact) mass is 343 g/mol. The molecule has 0 spiro atoms. The minimum atomic E-state index is -0.293. The van der Waals surface area contributed by atoms with Gasteiger partial charge in [0.25, 0.3) is 5.91 Å². The van der Waals surface area contributed by atoms with Crippen molar-refractivity contribution in [3.63, 3.8) is 0 Å². The number of rotatable bonds is 3. The van der Waals surface area contributed by atoms with E-state index in [4.69, 9.17) is 12.2 Å². The molecule has 0 bridgehead atoms. The van der Waals surface area contributed by atoms with Gasteiger partial charge in [0.1, 0.15) is 10.1 Å². The molecule has 0 radical (unpaired) electrons. The number of thioether (sulfide) groups is 1. The molecule has 2 nitrogen and oxygen atoms in total. The molecule has 1 amide bonds. The van der Waals surface area contributed by atoms with Crippen molar-refractivity contribution in [2.24, 2.45) is 0 Å². The van der Waals surface area contributed by atoms with Gasteiger partial charge in [0.05, 0.1) is 11.4 Å². The molecular formula is C18H14FNOS2. The van der Waals surface area contributed by atoms with Crippen LogP contribution in [0.2, 0.25) is 0 Å². The first-order valence-electron chi connectivity index (χ1n) is 7.10. The number of benzene rings is 2. The SMILES string of the molecule is C/C(=C1\SC(=S)N(Cc2ccccc2)C1=O)c1ccc(F)cc1. The Hall–Kier alpha value is -1.98. The van der Waals surface area contributed by atoms with Crippen LogP contribution in [-0.4, -0.2) is 15.1 Å². The molecular weight excluding hydrogens is 329 g/mol. The zero-order valence-electron chi connectivity index (χ0n) is 12.5. The minimum Gasteiger partial charge on any atom is -0.288 e. The van der Waals surface area contributed by atoms with Gasteiger partial charge in [0.15, 0.2) is 0 Å². The van der Waals surface area contributed by atoms with Crippen molar-refractivity contribution in [2.75, 3.05) is 0 Å². The molecule has 1 aliphatic heterocycles. The predicted molar refractivity (Wildman–Crippen MR) is 96.2 cm³/mol. The van der Waals surface area contributed by atoms with E-state index in [0.717, 1.165) is 16.7 Å². The van der Waals surface area contributed by atoms with E-state index < -0.39 is 0 Å². The Morgan fingerprint density at radius 2 is 1.78 bits per heavy atom. The van der Waals surface area contributed by atoms with Gasteiger partial charge < -0.3 is 0 Å². The number of carbonyl (C=O) groups excluding carboxylic acids is 1. The van der Waals surface area contributed by atoms with Crippen LogP contribution in [-0.2, 0) is 11.3 Å². The van der Waals surface area contributed by atoms with E-state index in [1.54, 1.807) is 17.0 Å². The van der Waals surface area contributed by atoms with Gasteiger partial charge in [-0.15, -0.1) is 0 Å². The average molecular weight is 343 g/mol. The Labute approximate surface area is 144 Å². The Morgan fingerprint density at radius 1 is 1.13 bits per heavy atom. The smallest absolute Gasteiger partial charge is 0.266 e. The highest BCUT2D eigenvalue weighted by molar-refractivity contribution is 8.26. The molecule has 0 aliphatic carbocycles. The first-order chi connectivity index (χ1) is 11.1. The van der Waals surface area contributed by atoms with Gasteiger partial charge in [-0.05, 0) is 35.8 Å². The number of amides is 1. The largest absolute Gasteiger partial charge is 0.288 e. The summed E-state index contributed by atoms with van der Waals surface area (Å²) in [6.07, 6.45) is 0. The Kier molecular flexibility index (Phi) is 4.59. The highest BCUT2D eigenvalue weighted by Gasteiger charge is 2.33. The second kappa shape index (κ2) is 6.64. The van der Waals surface area contributed by atoms with Crippen molar-refractivity contribution in [3.05, 3.63) is 76.4 Å². The van der Waals surface area contributed by atoms with Crippen LogP contribution in [0.25, 0.3) is 5.57 Å². The van der Waals surface area contributed by atoms with Crippen LogP contribution in [0.1, 0.15) is 18.1 Å². The van der Waals surface area contributed by atoms with Crippen LogP contribution < -0.4 is 0 Å². The highest BCUT2D eigenvalue weighted by Crippen LogP contribution is 2.37. The van der Waals surface area contributed by atoms with Gasteiger partial charge >= 0.3 is 0 Å². The normalized spacial score (nSPS) is 16.9. The summed E-state index contributed by atoms with van der Waals surface area (Å²) >= 11 is 6.66. The summed E-state index contributed by atoms with van der Waals surface area (Å²) in [6.45, 7) is 2.33. The number of hydrogen-bond acceptors (Lipinski definition) is 3. The molecule has 1 saturated heterocycles. The summed E-state index contributed by atoms with van der Waals surface area (Å²) in [6, 6.07) is 15.9. The van der Waals surface area contributed by atoms with Gasteiger partial charge in [-0.25, -0.2) is 4.39 Å². The van der Waals surface area contributed by atoms with E-state index in [-0.39, 0.29) is 11.7 Å². The van der Waals surface area contributed by atoms with Gasteiger partial charge in [-0.1, -0.05) is 66.4 Å². The van der Waals surface area contributed by atoms with Crippen LogP contribution in [0.4, 0.5) is 4.39 Å². The fraction of sp³-hybridized carbons (Fsp3) is 0.111. The van der Waals surface area contributed by atoms with E-state index in [1.165, 1.54) is 23.9 Å². The lowest BCUT2D eigenvalue weighted by Gasteiger charge is -2.14. The average Bonchev–Trinajstić information content (AvgIpc) is 2.84. The quantitative estimate of drug-likeness (QED) is 0.599. The number of carbonyl (C=O) groups is 1. The Balaban J connectivity index is 1.88. The molecule has 116 valence electrons. The number of thiocarbonyl (C=S) groups is 1. The summed E-state index contributed by atoms with van der Waals surface area (Å²) in [5.41, 5.74) is 2.68. The van der Waals surface area contributed by atoms with Crippen molar-refractivity contribution in [2.45, 2.75) is 13.5 Å². The van der Waals surface area contributed by atoms with Crippen molar-refractivity contribution < 1.29 is 9.18 Å².